The van der Waals surface area contributed by atoms with E-state index in [1.807, 2.05) is 23.1 Å². The van der Waals surface area contributed by atoms with Crippen LogP contribution in [0, 0.1) is 11.7 Å². The Hall–Kier alpha value is -2.44. The highest BCUT2D eigenvalue weighted by Crippen LogP contribution is 2.28. The molecule has 2 fully saturated rings. The van der Waals surface area contributed by atoms with Gasteiger partial charge in [-0.25, -0.2) is 4.39 Å². The quantitative estimate of drug-likeness (QED) is 0.711. The van der Waals surface area contributed by atoms with Gasteiger partial charge in [-0.05, 0) is 49.2 Å². The van der Waals surface area contributed by atoms with Gasteiger partial charge < -0.3 is 14.5 Å². The highest BCUT2D eigenvalue weighted by molar-refractivity contribution is 5.80. The lowest BCUT2D eigenvalue weighted by Gasteiger charge is -2.44. The van der Waals surface area contributed by atoms with E-state index in [1.165, 1.54) is 17.7 Å². The summed E-state index contributed by atoms with van der Waals surface area (Å²) < 4.78 is 18.8. The zero-order valence-corrected chi connectivity index (χ0v) is 18.3. The fourth-order valence-electron chi connectivity index (χ4n) is 4.89. The minimum absolute atomic E-state index is 0.0326. The van der Waals surface area contributed by atoms with Crippen LogP contribution in [0.25, 0.3) is 0 Å². The maximum atomic E-state index is 13.5. The fraction of sp³-hybridized carbons (Fsp3) is 0.480. The molecule has 0 aromatic heterocycles. The molecule has 5 nitrogen and oxygen atoms in total. The van der Waals surface area contributed by atoms with Crippen molar-refractivity contribution in [2.45, 2.75) is 25.4 Å². The molecule has 2 aliphatic rings. The maximum Gasteiger partial charge on any atom is 0.227 e. The number of methoxy groups -OCH3 is 1. The number of carbonyl (C=O) groups excluding carboxylic acids is 1. The second kappa shape index (κ2) is 10.2. The number of piperazine rings is 1. The number of likely N-dealkylation sites (tertiary alicyclic amines) is 1. The summed E-state index contributed by atoms with van der Waals surface area (Å²) in [4.78, 5) is 20.2. The summed E-state index contributed by atoms with van der Waals surface area (Å²) in [6.45, 7) is 5.34. The number of anilines is 1. The number of nitrogens with zero attached hydrogens (tertiary/aromatic N) is 3. The predicted molar refractivity (Wildman–Crippen MR) is 120 cm³/mol. The zero-order chi connectivity index (χ0) is 21.6. The van der Waals surface area contributed by atoms with Crippen molar-refractivity contribution >= 4 is 11.6 Å². The Kier molecular flexibility index (Phi) is 7.20. The minimum atomic E-state index is -0.223. The first kappa shape index (κ1) is 21.8. The molecule has 31 heavy (non-hydrogen) atoms. The summed E-state index contributed by atoms with van der Waals surface area (Å²) in [6.07, 6.45) is 1.94. The molecule has 166 valence electrons. The second-order valence-electron chi connectivity index (χ2n) is 8.52. The Balaban J connectivity index is 1.40. The summed E-state index contributed by atoms with van der Waals surface area (Å²) in [5, 5.41) is 0. The van der Waals surface area contributed by atoms with E-state index in [2.05, 4.69) is 34.1 Å². The van der Waals surface area contributed by atoms with E-state index in [0.717, 1.165) is 44.7 Å². The Morgan fingerprint density at radius 3 is 2.39 bits per heavy atom. The van der Waals surface area contributed by atoms with Crippen LogP contribution in [0.15, 0.2) is 54.6 Å². The first-order valence-electron chi connectivity index (χ1n) is 11.2. The number of hydrogen-bond donors (Lipinski definition) is 0. The molecule has 0 spiro atoms. The van der Waals surface area contributed by atoms with Crippen molar-refractivity contribution in [3.05, 3.63) is 66.0 Å². The molecule has 6 heteroatoms. The van der Waals surface area contributed by atoms with Crippen LogP contribution in [0.2, 0.25) is 0 Å². The first-order valence-corrected chi connectivity index (χ1v) is 11.2. The van der Waals surface area contributed by atoms with Crippen molar-refractivity contribution < 1.29 is 13.9 Å². The van der Waals surface area contributed by atoms with Gasteiger partial charge in [-0.3, -0.25) is 9.69 Å². The molecular weight excluding hydrogens is 393 g/mol. The average molecular weight is 426 g/mol. The Labute approximate surface area is 184 Å². The summed E-state index contributed by atoms with van der Waals surface area (Å²) in [5.74, 6) is -0.00699. The topological polar surface area (TPSA) is 36.0 Å². The smallest absolute Gasteiger partial charge is 0.227 e. The highest BCUT2D eigenvalue weighted by atomic mass is 19.1. The molecule has 0 unspecified atom stereocenters. The average Bonchev–Trinajstić information content (AvgIpc) is 2.81. The van der Waals surface area contributed by atoms with Crippen LogP contribution in [0.1, 0.15) is 18.4 Å². The number of carbonyl (C=O) groups is 1. The summed E-state index contributed by atoms with van der Waals surface area (Å²) in [5.41, 5.74) is 2.28. The number of piperidine rings is 1. The van der Waals surface area contributed by atoms with Gasteiger partial charge in [-0.15, -0.1) is 0 Å². The molecule has 4 rings (SSSR count). The summed E-state index contributed by atoms with van der Waals surface area (Å²) in [6, 6.07) is 17.1. The van der Waals surface area contributed by atoms with Gasteiger partial charge in [0.15, 0.2) is 0 Å². The summed E-state index contributed by atoms with van der Waals surface area (Å²) >= 11 is 0. The monoisotopic (exact) mass is 425 g/mol. The van der Waals surface area contributed by atoms with Crippen molar-refractivity contribution in [1.82, 2.24) is 9.80 Å². The lowest BCUT2D eigenvalue weighted by atomic mass is 9.87. The van der Waals surface area contributed by atoms with Crippen molar-refractivity contribution in [3.8, 4) is 0 Å². The normalized spacial score (nSPS) is 22.5. The number of halogens is 1. The molecule has 1 amide bonds. The number of amides is 1. The van der Waals surface area contributed by atoms with Crippen LogP contribution in [0.3, 0.4) is 0 Å². The van der Waals surface area contributed by atoms with E-state index < -0.39 is 0 Å². The third-order valence-electron chi connectivity index (χ3n) is 6.56. The van der Waals surface area contributed by atoms with Gasteiger partial charge in [0.05, 0.1) is 12.5 Å². The van der Waals surface area contributed by atoms with Crippen molar-refractivity contribution in [2.75, 3.05) is 51.3 Å². The molecular formula is C25H32FN3O2. The minimum Gasteiger partial charge on any atom is -0.383 e. The SMILES string of the molecule is COC[C@@H]1[C@H](C(=O)N2CCN(c3ccc(F)cc3)CC2)CCCN1Cc1ccccc1. The van der Waals surface area contributed by atoms with Crippen LogP contribution < -0.4 is 4.90 Å². The maximum absolute atomic E-state index is 13.5. The van der Waals surface area contributed by atoms with E-state index in [9.17, 15) is 9.18 Å². The molecule has 2 atom stereocenters. The van der Waals surface area contributed by atoms with Crippen LogP contribution in [0.4, 0.5) is 10.1 Å². The number of ether oxygens (including phenoxy) is 1. The Bertz CT molecular complexity index is 838. The number of benzene rings is 2. The summed E-state index contributed by atoms with van der Waals surface area (Å²) in [7, 11) is 1.72. The lowest BCUT2D eigenvalue weighted by molar-refractivity contribution is -0.141. The van der Waals surface area contributed by atoms with Crippen LogP contribution in [-0.4, -0.2) is 68.2 Å². The second-order valence-corrected chi connectivity index (χ2v) is 8.52. The van der Waals surface area contributed by atoms with E-state index in [-0.39, 0.29) is 23.7 Å². The highest BCUT2D eigenvalue weighted by Gasteiger charge is 2.38. The zero-order valence-electron chi connectivity index (χ0n) is 18.3. The Morgan fingerprint density at radius 1 is 1.00 bits per heavy atom. The standard InChI is InChI=1S/C25H32FN3O2/c1-31-19-24-23(8-5-13-29(24)18-20-6-3-2-4-7-20)25(30)28-16-14-27(15-17-28)22-11-9-21(26)10-12-22/h2-4,6-7,9-12,23-24H,5,8,13-19H2,1H3/t23-,24-/m1/s1. The van der Waals surface area contributed by atoms with E-state index in [0.29, 0.717) is 19.7 Å². The third-order valence-corrected chi connectivity index (χ3v) is 6.56. The molecule has 0 saturated carbocycles. The number of hydrogen-bond acceptors (Lipinski definition) is 4. The molecule has 2 aliphatic heterocycles. The van der Waals surface area contributed by atoms with Crippen molar-refractivity contribution in [3.63, 3.8) is 0 Å². The van der Waals surface area contributed by atoms with Crippen LogP contribution >= 0.6 is 0 Å². The van der Waals surface area contributed by atoms with Gasteiger partial charge in [0.1, 0.15) is 5.82 Å². The van der Waals surface area contributed by atoms with Crippen LogP contribution in [-0.2, 0) is 16.1 Å². The van der Waals surface area contributed by atoms with Gasteiger partial charge in [-0.2, -0.15) is 0 Å². The van der Waals surface area contributed by atoms with Crippen molar-refractivity contribution in [2.24, 2.45) is 5.92 Å². The van der Waals surface area contributed by atoms with Gasteiger partial charge in [0.25, 0.3) is 0 Å². The van der Waals surface area contributed by atoms with E-state index in [1.54, 1.807) is 7.11 Å². The molecule has 0 N–H and O–H groups in total. The first-order chi connectivity index (χ1) is 15.2. The molecule has 0 aliphatic carbocycles. The molecule has 0 radical (unpaired) electrons. The van der Waals surface area contributed by atoms with E-state index >= 15 is 0 Å². The number of rotatable bonds is 6. The van der Waals surface area contributed by atoms with Crippen molar-refractivity contribution in [1.29, 1.82) is 0 Å². The van der Waals surface area contributed by atoms with E-state index in [4.69, 9.17) is 4.74 Å². The van der Waals surface area contributed by atoms with Gasteiger partial charge in [0, 0.05) is 51.6 Å². The third kappa shape index (κ3) is 5.25. The Morgan fingerprint density at radius 2 is 1.71 bits per heavy atom. The molecule has 0 bridgehead atoms. The van der Waals surface area contributed by atoms with Gasteiger partial charge >= 0.3 is 0 Å². The largest absolute Gasteiger partial charge is 0.383 e. The van der Waals surface area contributed by atoms with Crippen LogP contribution in [0.5, 0.6) is 0 Å². The lowest BCUT2D eigenvalue weighted by Crippen LogP contribution is -2.56. The van der Waals surface area contributed by atoms with Gasteiger partial charge in [-0.1, -0.05) is 30.3 Å². The fourth-order valence-corrected chi connectivity index (χ4v) is 4.89. The van der Waals surface area contributed by atoms with Gasteiger partial charge in [0.2, 0.25) is 5.91 Å². The molecule has 2 heterocycles. The molecule has 2 aromatic rings. The predicted octanol–water partition coefficient (Wildman–Crippen LogP) is 3.40. The molecule has 2 saturated heterocycles. The molecule has 2 aromatic carbocycles.